The molecular weight excluding hydrogens is 272 g/mol. The number of hydrogen-bond acceptors (Lipinski definition) is 2. The Labute approximate surface area is 135 Å². The van der Waals surface area contributed by atoms with Gasteiger partial charge in [-0.1, -0.05) is 37.3 Å². The highest BCUT2D eigenvalue weighted by Crippen LogP contribution is 2.34. The van der Waals surface area contributed by atoms with E-state index in [2.05, 4.69) is 71.9 Å². The summed E-state index contributed by atoms with van der Waals surface area (Å²) in [7, 11) is 6.17. The van der Waals surface area contributed by atoms with E-state index in [1.165, 1.54) is 18.4 Å². The van der Waals surface area contributed by atoms with E-state index in [0.29, 0.717) is 12.0 Å². The Kier molecular flexibility index (Phi) is 6.25. The number of hydrogen-bond donors (Lipinski definition) is 2. The summed E-state index contributed by atoms with van der Waals surface area (Å²) >= 11 is 0. The molecule has 122 valence electrons. The minimum Gasteiger partial charge on any atom is -0.356 e. The van der Waals surface area contributed by atoms with Crippen LogP contribution in [0, 0.1) is 5.92 Å². The molecule has 2 rings (SSSR count). The van der Waals surface area contributed by atoms with Crippen molar-refractivity contribution in [2.75, 3.05) is 34.2 Å². The number of nitrogens with zero attached hydrogens (tertiary/aromatic N) is 2. The molecule has 0 bridgehead atoms. The third-order valence-electron chi connectivity index (χ3n) is 4.48. The predicted octanol–water partition coefficient (Wildman–Crippen LogP) is 2.30. The first-order valence-electron chi connectivity index (χ1n) is 8.27. The van der Waals surface area contributed by atoms with Crippen molar-refractivity contribution in [3.63, 3.8) is 0 Å². The number of rotatable bonds is 7. The number of benzene rings is 1. The van der Waals surface area contributed by atoms with Gasteiger partial charge in [0, 0.05) is 26.2 Å². The van der Waals surface area contributed by atoms with Crippen molar-refractivity contribution < 1.29 is 0 Å². The third kappa shape index (κ3) is 5.02. The maximum Gasteiger partial charge on any atom is 0.191 e. The maximum absolute atomic E-state index is 4.34. The largest absolute Gasteiger partial charge is 0.356 e. The van der Waals surface area contributed by atoms with Gasteiger partial charge in [-0.3, -0.25) is 4.99 Å². The van der Waals surface area contributed by atoms with Gasteiger partial charge in [-0.2, -0.15) is 0 Å². The molecule has 0 heterocycles. The summed E-state index contributed by atoms with van der Waals surface area (Å²) in [6.07, 6.45) is 2.73. The molecule has 4 nitrogen and oxygen atoms in total. The molecule has 0 amide bonds. The predicted molar refractivity (Wildman–Crippen MR) is 94.4 cm³/mol. The average molecular weight is 302 g/mol. The highest BCUT2D eigenvalue weighted by Gasteiger charge is 2.32. The monoisotopic (exact) mass is 302 g/mol. The molecule has 0 aromatic heterocycles. The van der Waals surface area contributed by atoms with Crippen LogP contribution in [0.3, 0.4) is 0 Å². The summed E-state index contributed by atoms with van der Waals surface area (Å²) in [5.41, 5.74) is 1.36. The van der Waals surface area contributed by atoms with Crippen molar-refractivity contribution >= 4 is 5.96 Å². The SMILES string of the molecule is CN=C(NCC(C)c1ccccc1)NCC(C1CC1)N(C)C. The van der Waals surface area contributed by atoms with Gasteiger partial charge in [0.2, 0.25) is 0 Å². The summed E-state index contributed by atoms with van der Waals surface area (Å²) in [6.45, 7) is 4.08. The van der Waals surface area contributed by atoms with Crippen molar-refractivity contribution in [3.05, 3.63) is 35.9 Å². The molecule has 2 atom stereocenters. The van der Waals surface area contributed by atoms with Crippen LogP contribution in [-0.4, -0.2) is 51.1 Å². The molecule has 2 unspecified atom stereocenters. The van der Waals surface area contributed by atoms with Gasteiger partial charge in [0.25, 0.3) is 0 Å². The van der Waals surface area contributed by atoms with Gasteiger partial charge in [0.1, 0.15) is 0 Å². The zero-order chi connectivity index (χ0) is 15.9. The minimum atomic E-state index is 0.466. The van der Waals surface area contributed by atoms with E-state index < -0.39 is 0 Å². The Morgan fingerprint density at radius 3 is 2.36 bits per heavy atom. The van der Waals surface area contributed by atoms with Gasteiger partial charge in [-0.25, -0.2) is 0 Å². The molecule has 1 aliphatic carbocycles. The van der Waals surface area contributed by atoms with Gasteiger partial charge >= 0.3 is 0 Å². The first kappa shape index (κ1) is 16.8. The van der Waals surface area contributed by atoms with Gasteiger partial charge in [-0.05, 0) is 44.3 Å². The molecule has 0 saturated heterocycles. The van der Waals surface area contributed by atoms with E-state index in [1.807, 2.05) is 7.05 Å². The lowest BCUT2D eigenvalue weighted by molar-refractivity contribution is 0.264. The summed E-state index contributed by atoms with van der Waals surface area (Å²) in [5, 5.41) is 6.92. The molecule has 0 radical (unpaired) electrons. The smallest absolute Gasteiger partial charge is 0.191 e. The summed E-state index contributed by atoms with van der Waals surface area (Å²) in [4.78, 5) is 6.66. The van der Waals surface area contributed by atoms with E-state index in [-0.39, 0.29) is 0 Å². The third-order valence-corrected chi connectivity index (χ3v) is 4.48. The second-order valence-electron chi connectivity index (χ2n) is 6.51. The second kappa shape index (κ2) is 8.18. The molecule has 0 spiro atoms. The first-order valence-corrected chi connectivity index (χ1v) is 8.27. The molecule has 1 aromatic carbocycles. The molecule has 0 aliphatic heterocycles. The van der Waals surface area contributed by atoms with E-state index in [9.17, 15) is 0 Å². The Balaban J connectivity index is 1.77. The van der Waals surface area contributed by atoms with Crippen LogP contribution in [0.4, 0.5) is 0 Å². The number of nitrogens with one attached hydrogen (secondary N) is 2. The highest BCUT2D eigenvalue weighted by atomic mass is 15.2. The van der Waals surface area contributed by atoms with Crippen LogP contribution in [0.15, 0.2) is 35.3 Å². The molecule has 4 heteroatoms. The Hall–Kier alpha value is -1.55. The Morgan fingerprint density at radius 1 is 1.18 bits per heavy atom. The standard InChI is InChI=1S/C18H30N4/c1-14(15-8-6-5-7-9-15)12-20-18(19-2)21-13-17(22(3)4)16-10-11-16/h5-9,14,16-17H,10-13H2,1-4H3,(H2,19,20,21). The van der Waals surface area contributed by atoms with Crippen molar-refractivity contribution in [1.29, 1.82) is 0 Å². The van der Waals surface area contributed by atoms with Crippen LogP contribution >= 0.6 is 0 Å². The number of likely N-dealkylation sites (N-methyl/N-ethyl adjacent to an activating group) is 1. The molecule has 1 saturated carbocycles. The topological polar surface area (TPSA) is 39.7 Å². The van der Waals surface area contributed by atoms with Gasteiger partial charge in [0.05, 0.1) is 0 Å². The van der Waals surface area contributed by atoms with E-state index >= 15 is 0 Å². The van der Waals surface area contributed by atoms with E-state index in [1.54, 1.807) is 0 Å². The van der Waals surface area contributed by atoms with Crippen LogP contribution in [0.1, 0.15) is 31.2 Å². The Bertz CT molecular complexity index is 463. The number of aliphatic imine (C=N–C) groups is 1. The van der Waals surface area contributed by atoms with E-state index in [0.717, 1.165) is 25.0 Å². The van der Waals surface area contributed by atoms with Gasteiger partial charge in [-0.15, -0.1) is 0 Å². The summed E-state index contributed by atoms with van der Waals surface area (Å²) < 4.78 is 0. The number of guanidine groups is 1. The van der Waals surface area contributed by atoms with Gasteiger partial charge in [0.15, 0.2) is 5.96 Å². The minimum absolute atomic E-state index is 0.466. The van der Waals surface area contributed by atoms with Crippen LogP contribution in [0.5, 0.6) is 0 Å². The Morgan fingerprint density at radius 2 is 1.82 bits per heavy atom. The fourth-order valence-electron chi connectivity index (χ4n) is 2.82. The van der Waals surface area contributed by atoms with Crippen LogP contribution < -0.4 is 10.6 Å². The van der Waals surface area contributed by atoms with Crippen molar-refractivity contribution in [2.45, 2.75) is 31.7 Å². The second-order valence-corrected chi connectivity index (χ2v) is 6.51. The molecule has 22 heavy (non-hydrogen) atoms. The summed E-state index contributed by atoms with van der Waals surface area (Å²) in [5.74, 6) is 2.21. The molecule has 1 aromatic rings. The lowest BCUT2D eigenvalue weighted by atomic mass is 10.0. The normalized spacial score (nSPS) is 18.1. The fraction of sp³-hybridized carbons (Fsp3) is 0.611. The molecule has 1 aliphatic rings. The van der Waals surface area contributed by atoms with E-state index in [4.69, 9.17) is 0 Å². The molecular formula is C18H30N4. The lowest BCUT2D eigenvalue weighted by Gasteiger charge is -2.25. The van der Waals surface area contributed by atoms with Gasteiger partial charge < -0.3 is 15.5 Å². The first-order chi connectivity index (χ1) is 10.6. The van der Waals surface area contributed by atoms with Crippen LogP contribution in [0.2, 0.25) is 0 Å². The summed E-state index contributed by atoms with van der Waals surface area (Å²) in [6, 6.07) is 11.2. The zero-order valence-corrected chi connectivity index (χ0v) is 14.3. The maximum atomic E-state index is 4.34. The van der Waals surface area contributed by atoms with Crippen molar-refractivity contribution in [3.8, 4) is 0 Å². The van der Waals surface area contributed by atoms with Crippen LogP contribution in [-0.2, 0) is 0 Å². The molecule has 2 N–H and O–H groups in total. The zero-order valence-electron chi connectivity index (χ0n) is 14.3. The average Bonchev–Trinajstić information content (AvgIpc) is 3.35. The fourth-order valence-corrected chi connectivity index (χ4v) is 2.82. The van der Waals surface area contributed by atoms with Crippen molar-refractivity contribution in [1.82, 2.24) is 15.5 Å². The highest BCUT2D eigenvalue weighted by molar-refractivity contribution is 5.79. The lowest BCUT2D eigenvalue weighted by Crippen LogP contribution is -2.46. The molecule has 1 fully saturated rings. The van der Waals surface area contributed by atoms with Crippen molar-refractivity contribution in [2.24, 2.45) is 10.9 Å². The quantitative estimate of drug-likeness (QED) is 0.600. The van der Waals surface area contributed by atoms with Crippen LogP contribution in [0.25, 0.3) is 0 Å².